The maximum atomic E-state index is 13.7. The number of piperidine rings is 1. The minimum Gasteiger partial charge on any atom is -0.492 e. The van der Waals surface area contributed by atoms with Crippen molar-refractivity contribution in [3.63, 3.8) is 0 Å². The molecule has 0 radical (unpaired) electrons. The molecule has 2 aliphatic heterocycles. The first kappa shape index (κ1) is 26.9. The Bertz CT molecular complexity index is 1300. The highest BCUT2D eigenvalue weighted by Gasteiger charge is 2.28. The summed E-state index contributed by atoms with van der Waals surface area (Å²) in [6.07, 6.45) is 1.60. The molecule has 2 aliphatic rings. The number of para-hydroxylation sites is 3. The van der Waals surface area contributed by atoms with E-state index in [-0.39, 0.29) is 17.9 Å². The second-order valence-electron chi connectivity index (χ2n) is 9.91. The van der Waals surface area contributed by atoms with E-state index < -0.39 is 0 Å². The summed E-state index contributed by atoms with van der Waals surface area (Å²) in [5.41, 5.74) is 3.28. The van der Waals surface area contributed by atoms with Crippen LogP contribution in [0.25, 0.3) is 0 Å². The number of hydrogen-bond acceptors (Lipinski definition) is 5. The van der Waals surface area contributed by atoms with Crippen molar-refractivity contribution in [3.8, 4) is 5.75 Å². The van der Waals surface area contributed by atoms with Crippen LogP contribution in [-0.2, 0) is 0 Å². The van der Waals surface area contributed by atoms with Gasteiger partial charge in [-0.15, -0.1) is 0 Å². The molecular formula is C31H35ClN4O3. The summed E-state index contributed by atoms with van der Waals surface area (Å²) in [5.74, 6) is 0.812. The van der Waals surface area contributed by atoms with E-state index in [1.165, 1.54) is 0 Å². The van der Waals surface area contributed by atoms with Crippen LogP contribution >= 0.6 is 11.6 Å². The number of hydrogen-bond donors (Lipinski definition) is 1. The number of halogens is 1. The molecular weight excluding hydrogens is 512 g/mol. The van der Waals surface area contributed by atoms with Gasteiger partial charge in [-0.25, -0.2) is 0 Å². The fourth-order valence-electron chi connectivity index (χ4n) is 5.42. The van der Waals surface area contributed by atoms with E-state index >= 15 is 0 Å². The van der Waals surface area contributed by atoms with Crippen molar-refractivity contribution in [1.29, 1.82) is 0 Å². The zero-order valence-corrected chi connectivity index (χ0v) is 23.1. The van der Waals surface area contributed by atoms with E-state index in [1.807, 2.05) is 66.4 Å². The van der Waals surface area contributed by atoms with Crippen LogP contribution in [0.4, 0.5) is 11.4 Å². The Morgan fingerprint density at radius 1 is 0.795 bits per heavy atom. The van der Waals surface area contributed by atoms with Crippen LogP contribution in [-0.4, -0.2) is 68.6 Å². The highest BCUT2D eigenvalue weighted by molar-refractivity contribution is 6.33. The Kier molecular flexibility index (Phi) is 8.57. The zero-order valence-electron chi connectivity index (χ0n) is 22.3. The first-order valence-corrected chi connectivity index (χ1v) is 14.1. The molecule has 2 saturated heterocycles. The third-order valence-corrected chi connectivity index (χ3v) is 7.83. The van der Waals surface area contributed by atoms with Gasteiger partial charge < -0.3 is 24.8 Å². The number of piperazine rings is 1. The predicted octanol–water partition coefficient (Wildman–Crippen LogP) is 5.10. The average Bonchev–Trinajstić information content (AvgIpc) is 2.98. The molecule has 7 nitrogen and oxygen atoms in total. The van der Waals surface area contributed by atoms with Gasteiger partial charge in [-0.2, -0.15) is 0 Å². The van der Waals surface area contributed by atoms with Crippen LogP contribution in [0, 0.1) is 0 Å². The van der Waals surface area contributed by atoms with Crippen molar-refractivity contribution in [2.45, 2.75) is 25.8 Å². The van der Waals surface area contributed by atoms with Gasteiger partial charge in [-0.1, -0.05) is 48.0 Å². The molecule has 0 bridgehead atoms. The number of ether oxygens (including phenoxy) is 1. The van der Waals surface area contributed by atoms with Gasteiger partial charge in [0.25, 0.3) is 11.8 Å². The molecule has 2 heterocycles. The standard InChI is InChI=1S/C31H35ClN4O3/c1-2-39-29-14-8-7-13-28(29)35-19-21-36(22-20-35)31(38)25-10-4-6-12-27(25)34-17-15-23(16-18-34)33-30(37)24-9-3-5-11-26(24)32/h3-14,23H,2,15-22H2,1H3,(H,33,37). The van der Waals surface area contributed by atoms with E-state index in [4.69, 9.17) is 16.3 Å². The molecule has 1 N–H and O–H groups in total. The van der Waals surface area contributed by atoms with Crippen molar-refractivity contribution in [3.05, 3.63) is 88.9 Å². The molecule has 0 aliphatic carbocycles. The van der Waals surface area contributed by atoms with Crippen LogP contribution in [0.5, 0.6) is 5.75 Å². The lowest BCUT2D eigenvalue weighted by atomic mass is 10.0. The molecule has 5 rings (SSSR count). The normalized spacial score (nSPS) is 16.2. The highest BCUT2D eigenvalue weighted by atomic mass is 35.5. The Labute approximate surface area is 235 Å². The van der Waals surface area contributed by atoms with E-state index in [0.29, 0.717) is 30.3 Å². The van der Waals surface area contributed by atoms with Gasteiger partial charge in [-0.05, 0) is 56.2 Å². The van der Waals surface area contributed by atoms with Gasteiger partial charge in [0.1, 0.15) is 5.75 Å². The number of nitrogens with one attached hydrogen (secondary N) is 1. The third-order valence-electron chi connectivity index (χ3n) is 7.50. The van der Waals surface area contributed by atoms with Crippen LogP contribution in [0.15, 0.2) is 72.8 Å². The van der Waals surface area contributed by atoms with E-state index in [9.17, 15) is 9.59 Å². The number of nitrogens with zero attached hydrogens (tertiary/aromatic N) is 3. The topological polar surface area (TPSA) is 65.1 Å². The molecule has 39 heavy (non-hydrogen) atoms. The van der Waals surface area contributed by atoms with E-state index in [0.717, 1.165) is 61.7 Å². The van der Waals surface area contributed by atoms with Gasteiger partial charge in [0.05, 0.1) is 28.4 Å². The number of carbonyl (C=O) groups excluding carboxylic acids is 2. The van der Waals surface area contributed by atoms with Gasteiger partial charge >= 0.3 is 0 Å². The second-order valence-corrected chi connectivity index (χ2v) is 10.3. The molecule has 3 aromatic rings. The lowest BCUT2D eigenvalue weighted by molar-refractivity contribution is 0.0747. The first-order chi connectivity index (χ1) is 19.0. The molecule has 0 aromatic heterocycles. The smallest absolute Gasteiger partial charge is 0.256 e. The summed E-state index contributed by atoms with van der Waals surface area (Å²) in [6, 6.07) is 23.1. The van der Waals surface area contributed by atoms with Crippen molar-refractivity contribution >= 4 is 34.8 Å². The molecule has 0 atom stereocenters. The summed E-state index contributed by atoms with van der Waals surface area (Å²) in [5, 5.41) is 3.59. The van der Waals surface area contributed by atoms with Crippen LogP contribution < -0.4 is 19.9 Å². The SMILES string of the molecule is CCOc1ccccc1N1CCN(C(=O)c2ccccc2N2CCC(NC(=O)c3ccccc3Cl)CC2)CC1. The fourth-order valence-corrected chi connectivity index (χ4v) is 5.64. The minimum absolute atomic E-state index is 0.0671. The molecule has 0 spiro atoms. The quantitative estimate of drug-likeness (QED) is 0.447. The molecule has 8 heteroatoms. The van der Waals surface area contributed by atoms with Crippen molar-refractivity contribution in [2.75, 3.05) is 55.7 Å². The number of amides is 2. The molecule has 0 unspecified atom stereocenters. The lowest BCUT2D eigenvalue weighted by Gasteiger charge is -2.38. The third kappa shape index (κ3) is 6.14. The lowest BCUT2D eigenvalue weighted by Crippen LogP contribution is -2.49. The van der Waals surface area contributed by atoms with Gasteiger partial charge in [-0.3, -0.25) is 9.59 Å². The Morgan fingerprint density at radius 3 is 2.08 bits per heavy atom. The summed E-state index contributed by atoms with van der Waals surface area (Å²) in [4.78, 5) is 32.9. The predicted molar refractivity (Wildman–Crippen MR) is 156 cm³/mol. The van der Waals surface area contributed by atoms with E-state index in [1.54, 1.807) is 12.1 Å². The largest absolute Gasteiger partial charge is 0.492 e. The second kappa shape index (κ2) is 12.4. The number of anilines is 2. The average molecular weight is 547 g/mol. The van der Waals surface area contributed by atoms with Crippen molar-refractivity contribution in [1.82, 2.24) is 10.2 Å². The zero-order chi connectivity index (χ0) is 27.2. The van der Waals surface area contributed by atoms with Gasteiger partial charge in [0, 0.05) is 51.0 Å². The number of benzene rings is 3. The van der Waals surface area contributed by atoms with Crippen LogP contribution in [0.3, 0.4) is 0 Å². The molecule has 2 amide bonds. The number of carbonyl (C=O) groups is 2. The van der Waals surface area contributed by atoms with Crippen molar-refractivity contribution < 1.29 is 14.3 Å². The first-order valence-electron chi connectivity index (χ1n) is 13.7. The maximum Gasteiger partial charge on any atom is 0.256 e. The van der Waals surface area contributed by atoms with Crippen LogP contribution in [0.1, 0.15) is 40.5 Å². The minimum atomic E-state index is -0.141. The fraction of sp³-hybridized carbons (Fsp3) is 0.355. The Hall–Kier alpha value is -3.71. The van der Waals surface area contributed by atoms with E-state index in [2.05, 4.69) is 21.2 Å². The highest BCUT2D eigenvalue weighted by Crippen LogP contribution is 2.30. The molecule has 204 valence electrons. The number of rotatable bonds is 7. The molecule has 0 saturated carbocycles. The Morgan fingerprint density at radius 2 is 1.38 bits per heavy atom. The molecule has 3 aromatic carbocycles. The summed E-state index contributed by atoms with van der Waals surface area (Å²) in [6.45, 7) is 6.97. The maximum absolute atomic E-state index is 13.7. The van der Waals surface area contributed by atoms with Gasteiger partial charge in [0.15, 0.2) is 0 Å². The van der Waals surface area contributed by atoms with Gasteiger partial charge in [0.2, 0.25) is 0 Å². The summed E-state index contributed by atoms with van der Waals surface area (Å²) >= 11 is 6.20. The summed E-state index contributed by atoms with van der Waals surface area (Å²) < 4.78 is 5.82. The monoisotopic (exact) mass is 546 g/mol. The van der Waals surface area contributed by atoms with Crippen molar-refractivity contribution in [2.24, 2.45) is 0 Å². The Balaban J connectivity index is 1.19. The summed E-state index contributed by atoms with van der Waals surface area (Å²) in [7, 11) is 0. The molecule has 2 fully saturated rings. The van der Waals surface area contributed by atoms with Crippen LogP contribution in [0.2, 0.25) is 5.02 Å².